The highest BCUT2D eigenvalue weighted by Crippen LogP contribution is 2.26. The zero-order valence-electron chi connectivity index (χ0n) is 15.3. The number of sulfone groups is 1. The van der Waals surface area contributed by atoms with E-state index in [0.29, 0.717) is 22.8 Å². The summed E-state index contributed by atoms with van der Waals surface area (Å²) < 4.78 is 42.8. The maximum Gasteiger partial charge on any atom is 0.263 e. The van der Waals surface area contributed by atoms with Crippen molar-refractivity contribution in [1.29, 1.82) is 0 Å². The molecule has 1 aliphatic rings. The summed E-state index contributed by atoms with van der Waals surface area (Å²) in [7, 11) is -3.18. The SMILES string of the molecule is CC(Oc1ccccc1Cl)C(=O)N(Cc1ccc(F)cc1)C1CCS(=O)(=O)C1. The Kier molecular flexibility index (Phi) is 6.25. The molecule has 5 nitrogen and oxygen atoms in total. The fourth-order valence-electron chi connectivity index (χ4n) is 3.21. The topological polar surface area (TPSA) is 63.7 Å². The van der Waals surface area contributed by atoms with Gasteiger partial charge in [-0.15, -0.1) is 0 Å². The van der Waals surface area contributed by atoms with E-state index in [1.54, 1.807) is 43.3 Å². The summed E-state index contributed by atoms with van der Waals surface area (Å²) in [6.45, 7) is 1.78. The van der Waals surface area contributed by atoms with Crippen LogP contribution in [0.3, 0.4) is 0 Å². The first-order valence-corrected chi connectivity index (χ1v) is 11.1. The molecule has 0 spiro atoms. The van der Waals surface area contributed by atoms with Crippen molar-refractivity contribution in [3.8, 4) is 5.75 Å². The lowest BCUT2D eigenvalue weighted by atomic mass is 10.1. The zero-order chi connectivity index (χ0) is 20.3. The highest BCUT2D eigenvalue weighted by Gasteiger charge is 2.36. The number of hydrogen-bond acceptors (Lipinski definition) is 4. The standard InChI is InChI=1S/C20H21ClFNO4S/c1-14(27-19-5-3-2-4-18(19)21)20(24)23(17-10-11-28(25,26)13-17)12-15-6-8-16(22)9-7-15/h2-9,14,17H,10-13H2,1H3. The molecule has 1 amide bonds. The molecule has 1 heterocycles. The highest BCUT2D eigenvalue weighted by molar-refractivity contribution is 7.91. The van der Waals surface area contributed by atoms with Gasteiger partial charge in [0.2, 0.25) is 0 Å². The number of hydrogen-bond donors (Lipinski definition) is 0. The minimum atomic E-state index is -3.18. The van der Waals surface area contributed by atoms with Crippen LogP contribution in [0.4, 0.5) is 4.39 Å². The number of carbonyl (C=O) groups excluding carboxylic acids is 1. The monoisotopic (exact) mass is 425 g/mol. The first kappa shape index (κ1) is 20.6. The summed E-state index contributed by atoms with van der Waals surface area (Å²) >= 11 is 6.10. The average Bonchev–Trinajstić information content (AvgIpc) is 3.02. The molecule has 28 heavy (non-hydrogen) atoms. The predicted octanol–water partition coefficient (Wildman–Crippen LogP) is 3.46. The molecule has 0 bridgehead atoms. The van der Waals surface area contributed by atoms with Crippen LogP contribution in [0.1, 0.15) is 18.9 Å². The summed E-state index contributed by atoms with van der Waals surface area (Å²) in [5, 5.41) is 0.385. The summed E-state index contributed by atoms with van der Waals surface area (Å²) in [4.78, 5) is 14.6. The molecule has 2 aromatic rings. The summed E-state index contributed by atoms with van der Waals surface area (Å²) in [6, 6.07) is 12.2. The van der Waals surface area contributed by atoms with E-state index in [1.165, 1.54) is 17.0 Å². The van der Waals surface area contributed by atoms with Crippen LogP contribution >= 0.6 is 11.6 Å². The lowest BCUT2D eigenvalue weighted by molar-refractivity contribution is -0.140. The Labute approximate surface area is 169 Å². The lowest BCUT2D eigenvalue weighted by Crippen LogP contribution is -2.46. The molecular formula is C20H21ClFNO4S. The van der Waals surface area contributed by atoms with E-state index in [4.69, 9.17) is 16.3 Å². The molecule has 2 aromatic carbocycles. The van der Waals surface area contributed by atoms with Crippen molar-refractivity contribution in [2.45, 2.75) is 32.0 Å². The quantitative estimate of drug-likeness (QED) is 0.711. The van der Waals surface area contributed by atoms with Gasteiger partial charge in [-0.25, -0.2) is 12.8 Å². The molecule has 2 atom stereocenters. The second-order valence-electron chi connectivity index (χ2n) is 6.84. The Morgan fingerprint density at radius 3 is 2.54 bits per heavy atom. The van der Waals surface area contributed by atoms with Gasteiger partial charge in [-0.05, 0) is 43.2 Å². The Balaban J connectivity index is 1.81. The van der Waals surface area contributed by atoms with E-state index in [9.17, 15) is 17.6 Å². The fraction of sp³-hybridized carbons (Fsp3) is 0.350. The molecule has 8 heteroatoms. The summed E-state index contributed by atoms with van der Waals surface area (Å²) in [5.41, 5.74) is 0.712. The van der Waals surface area contributed by atoms with Gasteiger partial charge in [-0.1, -0.05) is 35.9 Å². The molecular weight excluding hydrogens is 405 g/mol. The molecule has 2 unspecified atom stereocenters. The van der Waals surface area contributed by atoms with Crippen LogP contribution < -0.4 is 4.74 Å². The van der Waals surface area contributed by atoms with Crippen molar-refractivity contribution in [2.75, 3.05) is 11.5 Å². The van der Waals surface area contributed by atoms with Gasteiger partial charge in [-0.3, -0.25) is 4.79 Å². The first-order chi connectivity index (χ1) is 13.2. The average molecular weight is 426 g/mol. The second kappa shape index (κ2) is 8.49. The number of rotatable bonds is 6. The Bertz CT molecular complexity index is 949. The van der Waals surface area contributed by atoms with Crippen molar-refractivity contribution in [2.24, 2.45) is 0 Å². The van der Waals surface area contributed by atoms with Gasteiger partial charge in [0.25, 0.3) is 5.91 Å². The van der Waals surface area contributed by atoms with E-state index in [-0.39, 0.29) is 29.8 Å². The number of carbonyl (C=O) groups is 1. The molecule has 0 aromatic heterocycles. The maximum absolute atomic E-state index is 13.2. The summed E-state index contributed by atoms with van der Waals surface area (Å²) in [5.74, 6) is -0.374. The molecule has 0 saturated carbocycles. The molecule has 3 rings (SSSR count). The smallest absolute Gasteiger partial charge is 0.263 e. The van der Waals surface area contributed by atoms with Gasteiger partial charge in [0.05, 0.1) is 16.5 Å². The molecule has 1 fully saturated rings. The number of para-hydroxylation sites is 1. The Morgan fingerprint density at radius 2 is 1.93 bits per heavy atom. The van der Waals surface area contributed by atoms with Gasteiger partial charge in [-0.2, -0.15) is 0 Å². The first-order valence-electron chi connectivity index (χ1n) is 8.92. The van der Waals surface area contributed by atoms with Gasteiger partial charge in [0.1, 0.15) is 11.6 Å². The number of nitrogens with zero attached hydrogens (tertiary/aromatic N) is 1. The molecule has 1 aliphatic heterocycles. The third kappa shape index (κ3) is 5.02. The minimum absolute atomic E-state index is 0.0462. The van der Waals surface area contributed by atoms with Crippen LogP contribution in [0.25, 0.3) is 0 Å². The van der Waals surface area contributed by atoms with Crippen molar-refractivity contribution in [3.05, 3.63) is 64.9 Å². The van der Waals surface area contributed by atoms with E-state index < -0.39 is 22.0 Å². The van der Waals surface area contributed by atoms with E-state index >= 15 is 0 Å². The maximum atomic E-state index is 13.2. The number of benzene rings is 2. The van der Waals surface area contributed by atoms with Crippen LogP contribution in [0.5, 0.6) is 5.75 Å². The van der Waals surface area contributed by atoms with E-state index in [2.05, 4.69) is 0 Å². The fourth-order valence-corrected chi connectivity index (χ4v) is 5.12. The third-order valence-corrected chi connectivity index (χ3v) is 6.75. The molecule has 0 N–H and O–H groups in total. The highest BCUT2D eigenvalue weighted by atomic mass is 35.5. The van der Waals surface area contributed by atoms with Crippen LogP contribution in [0, 0.1) is 5.82 Å². The van der Waals surface area contributed by atoms with Crippen LogP contribution in [0.15, 0.2) is 48.5 Å². The minimum Gasteiger partial charge on any atom is -0.479 e. The van der Waals surface area contributed by atoms with Gasteiger partial charge in [0.15, 0.2) is 15.9 Å². The second-order valence-corrected chi connectivity index (χ2v) is 9.48. The normalized spacial score (nSPS) is 19.2. The number of halogens is 2. The molecule has 1 saturated heterocycles. The van der Waals surface area contributed by atoms with Gasteiger partial charge in [0, 0.05) is 12.6 Å². The number of amides is 1. The molecule has 150 valence electrons. The predicted molar refractivity (Wildman–Crippen MR) is 106 cm³/mol. The largest absolute Gasteiger partial charge is 0.479 e. The molecule has 0 aliphatic carbocycles. The third-order valence-electron chi connectivity index (χ3n) is 4.69. The van der Waals surface area contributed by atoms with Crippen LogP contribution in [0.2, 0.25) is 5.02 Å². The van der Waals surface area contributed by atoms with Crippen molar-refractivity contribution in [3.63, 3.8) is 0 Å². The van der Waals surface area contributed by atoms with E-state index in [0.717, 1.165) is 0 Å². The van der Waals surface area contributed by atoms with Crippen molar-refractivity contribution < 1.29 is 22.3 Å². The van der Waals surface area contributed by atoms with Gasteiger partial charge >= 0.3 is 0 Å². The number of ether oxygens (including phenoxy) is 1. The van der Waals surface area contributed by atoms with Crippen LogP contribution in [-0.4, -0.2) is 42.9 Å². The van der Waals surface area contributed by atoms with Crippen LogP contribution in [-0.2, 0) is 21.2 Å². The van der Waals surface area contributed by atoms with Crippen molar-refractivity contribution in [1.82, 2.24) is 4.90 Å². The zero-order valence-corrected chi connectivity index (χ0v) is 16.9. The van der Waals surface area contributed by atoms with Crippen molar-refractivity contribution >= 4 is 27.3 Å². The summed E-state index contributed by atoms with van der Waals surface area (Å²) in [6.07, 6.45) is -0.489. The van der Waals surface area contributed by atoms with E-state index in [1.807, 2.05) is 0 Å². The lowest BCUT2D eigenvalue weighted by Gasteiger charge is -2.31. The Hall–Kier alpha value is -2.12. The van der Waals surface area contributed by atoms with Gasteiger partial charge < -0.3 is 9.64 Å². The molecule has 0 radical (unpaired) electrons. The Morgan fingerprint density at radius 1 is 1.25 bits per heavy atom.